The fourth-order valence-corrected chi connectivity index (χ4v) is 1.82. The Hall–Kier alpha value is -1.75. The smallest absolute Gasteiger partial charge is 0.320 e. The molecule has 0 atom stereocenters. The van der Waals surface area contributed by atoms with Gasteiger partial charge in [-0.25, -0.2) is 0 Å². The molecule has 0 saturated carbocycles. The first-order chi connectivity index (χ1) is 9.44. The van der Waals surface area contributed by atoms with E-state index in [1.165, 1.54) is 0 Å². The van der Waals surface area contributed by atoms with E-state index < -0.39 is 0 Å². The zero-order valence-electron chi connectivity index (χ0n) is 11.9. The van der Waals surface area contributed by atoms with Crippen molar-refractivity contribution in [1.29, 1.82) is 0 Å². The van der Waals surface area contributed by atoms with Gasteiger partial charge in [-0.05, 0) is 51.4 Å². The molecule has 0 aliphatic rings. The number of nitrogens with zero attached hydrogens (tertiary/aromatic N) is 2. The van der Waals surface area contributed by atoms with E-state index in [0.29, 0.717) is 17.3 Å². The molecule has 0 aliphatic heterocycles. The van der Waals surface area contributed by atoms with Gasteiger partial charge in [0.15, 0.2) is 0 Å². The Morgan fingerprint density at radius 2 is 1.55 bits per heavy atom. The molecule has 0 amide bonds. The van der Waals surface area contributed by atoms with Crippen molar-refractivity contribution in [2.24, 2.45) is 0 Å². The number of ether oxygens (including phenoxy) is 2. The van der Waals surface area contributed by atoms with Crippen LogP contribution in [-0.4, -0.2) is 22.3 Å². The van der Waals surface area contributed by atoms with Gasteiger partial charge < -0.3 is 14.0 Å². The lowest BCUT2D eigenvalue weighted by atomic mass is 10.2. The minimum Gasteiger partial charge on any atom is -0.491 e. The second-order valence-electron chi connectivity index (χ2n) is 4.90. The summed E-state index contributed by atoms with van der Waals surface area (Å²) in [5, 5.41) is 3.80. The third kappa shape index (κ3) is 3.87. The van der Waals surface area contributed by atoms with Crippen LogP contribution in [0.2, 0.25) is 5.35 Å². The van der Waals surface area contributed by atoms with Crippen molar-refractivity contribution in [1.82, 2.24) is 10.1 Å². The second kappa shape index (κ2) is 6.13. The van der Waals surface area contributed by atoms with E-state index in [1.54, 1.807) is 0 Å². The molecule has 0 saturated heterocycles. The zero-order chi connectivity index (χ0) is 14.7. The Morgan fingerprint density at radius 3 is 1.95 bits per heavy atom. The van der Waals surface area contributed by atoms with Gasteiger partial charge in [-0.2, -0.15) is 4.98 Å². The van der Waals surface area contributed by atoms with Crippen LogP contribution < -0.4 is 9.47 Å². The van der Waals surface area contributed by atoms with Gasteiger partial charge in [0, 0.05) is 11.6 Å². The Labute approximate surface area is 122 Å². The van der Waals surface area contributed by atoms with Gasteiger partial charge in [-0.3, -0.25) is 0 Å². The van der Waals surface area contributed by atoms with Crippen LogP contribution in [0.5, 0.6) is 11.5 Å². The highest BCUT2D eigenvalue weighted by atomic mass is 35.5. The summed E-state index contributed by atoms with van der Waals surface area (Å²) >= 11 is 5.66. The molecule has 0 unspecified atom stereocenters. The first-order valence-corrected chi connectivity index (χ1v) is 6.80. The third-order valence-corrected chi connectivity index (χ3v) is 2.44. The molecular weight excluding hydrogens is 280 g/mol. The van der Waals surface area contributed by atoms with Crippen LogP contribution in [0, 0.1) is 0 Å². The topological polar surface area (TPSA) is 57.4 Å². The SMILES string of the molecule is CC(C)Oc1cc(OC(C)C)cc(-c2noc(Cl)n2)c1. The molecule has 5 nitrogen and oxygen atoms in total. The van der Waals surface area contributed by atoms with E-state index in [-0.39, 0.29) is 17.6 Å². The molecule has 1 aromatic carbocycles. The lowest BCUT2D eigenvalue weighted by Crippen LogP contribution is -2.08. The molecule has 0 spiro atoms. The highest BCUT2D eigenvalue weighted by molar-refractivity contribution is 6.27. The van der Waals surface area contributed by atoms with Crippen LogP contribution in [0.15, 0.2) is 22.7 Å². The predicted octanol–water partition coefficient (Wildman–Crippen LogP) is 3.96. The molecule has 6 heteroatoms. The van der Waals surface area contributed by atoms with Crippen molar-refractivity contribution in [3.8, 4) is 22.9 Å². The summed E-state index contributed by atoms with van der Waals surface area (Å²) in [5.41, 5.74) is 0.731. The number of halogens is 1. The van der Waals surface area contributed by atoms with Crippen LogP contribution in [0.25, 0.3) is 11.4 Å². The highest BCUT2D eigenvalue weighted by Gasteiger charge is 2.12. The van der Waals surface area contributed by atoms with E-state index in [0.717, 1.165) is 5.56 Å². The maximum Gasteiger partial charge on any atom is 0.320 e. The lowest BCUT2D eigenvalue weighted by molar-refractivity contribution is 0.229. The maximum atomic E-state index is 5.71. The molecule has 1 aromatic heterocycles. The molecule has 0 fully saturated rings. The molecule has 108 valence electrons. The van der Waals surface area contributed by atoms with Gasteiger partial charge in [0.25, 0.3) is 0 Å². The summed E-state index contributed by atoms with van der Waals surface area (Å²) in [4.78, 5) is 4.00. The Bertz CT molecular complexity index is 553. The molecule has 2 aromatic rings. The Kier molecular flexibility index (Phi) is 4.49. The molecule has 2 rings (SSSR count). The lowest BCUT2D eigenvalue weighted by Gasteiger charge is -2.14. The fourth-order valence-electron chi connectivity index (χ4n) is 1.70. The maximum absolute atomic E-state index is 5.71. The van der Waals surface area contributed by atoms with Crippen molar-refractivity contribution in [2.75, 3.05) is 0 Å². The molecule has 0 radical (unpaired) electrons. The number of benzene rings is 1. The summed E-state index contributed by atoms with van der Waals surface area (Å²) in [7, 11) is 0. The molecular formula is C14H17ClN2O3. The van der Waals surface area contributed by atoms with Gasteiger partial charge >= 0.3 is 5.35 Å². The molecule has 0 aliphatic carbocycles. The average Bonchev–Trinajstić information content (AvgIpc) is 2.73. The summed E-state index contributed by atoms with van der Waals surface area (Å²) in [6, 6.07) is 5.49. The summed E-state index contributed by atoms with van der Waals surface area (Å²) in [5.74, 6) is 1.78. The first-order valence-electron chi connectivity index (χ1n) is 6.42. The van der Waals surface area contributed by atoms with Gasteiger partial charge in [-0.15, -0.1) is 0 Å². The van der Waals surface area contributed by atoms with Gasteiger partial charge in [0.05, 0.1) is 12.2 Å². The van der Waals surface area contributed by atoms with E-state index in [4.69, 9.17) is 25.6 Å². The summed E-state index contributed by atoms with van der Waals surface area (Å²) in [6.45, 7) is 7.84. The van der Waals surface area contributed by atoms with Gasteiger partial charge in [0.1, 0.15) is 11.5 Å². The summed E-state index contributed by atoms with van der Waals surface area (Å²) in [6.07, 6.45) is 0.122. The van der Waals surface area contributed by atoms with Gasteiger partial charge in [-0.1, -0.05) is 5.16 Å². The van der Waals surface area contributed by atoms with E-state index >= 15 is 0 Å². The predicted molar refractivity (Wildman–Crippen MR) is 76.3 cm³/mol. The van der Waals surface area contributed by atoms with Crippen LogP contribution >= 0.6 is 11.6 Å². The Balaban J connectivity index is 2.39. The molecule has 20 heavy (non-hydrogen) atoms. The van der Waals surface area contributed by atoms with Crippen LogP contribution in [0.4, 0.5) is 0 Å². The third-order valence-electron chi connectivity index (χ3n) is 2.28. The van der Waals surface area contributed by atoms with E-state index in [2.05, 4.69) is 10.1 Å². The highest BCUT2D eigenvalue weighted by Crippen LogP contribution is 2.30. The van der Waals surface area contributed by atoms with Crippen molar-refractivity contribution in [3.05, 3.63) is 23.5 Å². The van der Waals surface area contributed by atoms with Crippen molar-refractivity contribution in [2.45, 2.75) is 39.9 Å². The molecule has 0 N–H and O–H groups in total. The molecule has 0 bridgehead atoms. The number of aromatic nitrogens is 2. The van der Waals surface area contributed by atoms with Gasteiger partial charge in [0.2, 0.25) is 5.82 Å². The quantitative estimate of drug-likeness (QED) is 0.835. The normalized spacial score (nSPS) is 11.2. The fraction of sp³-hybridized carbons (Fsp3) is 0.429. The van der Waals surface area contributed by atoms with Crippen LogP contribution in [0.1, 0.15) is 27.7 Å². The van der Waals surface area contributed by atoms with E-state index in [9.17, 15) is 0 Å². The minimum absolute atomic E-state index is 0.00140. The second-order valence-corrected chi connectivity index (χ2v) is 5.22. The van der Waals surface area contributed by atoms with Crippen molar-refractivity contribution >= 4 is 11.6 Å². The number of rotatable bonds is 5. The molecule has 1 heterocycles. The monoisotopic (exact) mass is 296 g/mol. The average molecular weight is 297 g/mol. The van der Waals surface area contributed by atoms with Crippen molar-refractivity contribution < 1.29 is 14.0 Å². The minimum atomic E-state index is 0.00140. The Morgan fingerprint density at radius 1 is 1.00 bits per heavy atom. The largest absolute Gasteiger partial charge is 0.491 e. The van der Waals surface area contributed by atoms with Crippen molar-refractivity contribution in [3.63, 3.8) is 0 Å². The van der Waals surface area contributed by atoms with Crippen LogP contribution in [0.3, 0.4) is 0 Å². The summed E-state index contributed by atoms with van der Waals surface area (Å²) < 4.78 is 16.2. The number of hydrogen-bond donors (Lipinski definition) is 0. The van der Waals surface area contributed by atoms with E-state index in [1.807, 2.05) is 45.9 Å². The standard InChI is InChI=1S/C14H17ClN2O3/c1-8(2)18-11-5-10(13-16-14(15)20-17-13)6-12(7-11)19-9(3)4/h5-9H,1-4H3. The zero-order valence-corrected chi connectivity index (χ0v) is 12.6. The van der Waals surface area contributed by atoms with Crippen LogP contribution in [-0.2, 0) is 0 Å². The number of hydrogen-bond acceptors (Lipinski definition) is 5. The first kappa shape index (κ1) is 14.7.